The molecule has 0 spiro atoms. The van der Waals surface area contributed by atoms with Gasteiger partial charge in [-0.05, 0) is 27.7 Å². The van der Waals surface area contributed by atoms with Crippen LogP contribution in [0.25, 0.3) is 0 Å². The van der Waals surface area contributed by atoms with Gasteiger partial charge >= 0.3 is 12.0 Å². The number of amides is 2. The standard InChI is InChI=1S/C10H16N4O3S/c1-9(2,7(15)16)10(3,4)13-8(17)12-6-5-11-14-18-6/h5H,1-4H3,(H,15,16)(H2,12,13,17). The SMILES string of the molecule is CC(C)(NC(=O)Nc1cnns1)C(C)(C)C(=O)O. The number of anilines is 1. The quantitative estimate of drug-likeness (QED) is 0.771. The molecule has 100 valence electrons. The van der Waals surface area contributed by atoms with E-state index in [9.17, 15) is 9.59 Å². The molecule has 0 aliphatic carbocycles. The lowest BCUT2D eigenvalue weighted by atomic mass is 9.74. The highest BCUT2D eigenvalue weighted by Crippen LogP contribution is 2.30. The topological polar surface area (TPSA) is 104 Å². The van der Waals surface area contributed by atoms with Crippen molar-refractivity contribution in [2.75, 3.05) is 5.32 Å². The van der Waals surface area contributed by atoms with Crippen molar-refractivity contribution in [3.8, 4) is 0 Å². The molecule has 0 saturated carbocycles. The van der Waals surface area contributed by atoms with Crippen LogP contribution in [0.1, 0.15) is 27.7 Å². The largest absolute Gasteiger partial charge is 0.481 e. The zero-order chi connectivity index (χ0) is 14.0. The molecule has 1 heterocycles. The van der Waals surface area contributed by atoms with E-state index in [-0.39, 0.29) is 0 Å². The van der Waals surface area contributed by atoms with Crippen molar-refractivity contribution >= 4 is 28.5 Å². The molecule has 0 aliphatic rings. The average Bonchev–Trinajstić information content (AvgIpc) is 2.68. The van der Waals surface area contributed by atoms with Crippen molar-refractivity contribution < 1.29 is 14.7 Å². The summed E-state index contributed by atoms with van der Waals surface area (Å²) in [5.74, 6) is -0.979. The molecule has 3 N–H and O–H groups in total. The van der Waals surface area contributed by atoms with Crippen LogP contribution >= 0.6 is 11.5 Å². The van der Waals surface area contributed by atoms with E-state index in [1.165, 1.54) is 6.20 Å². The van der Waals surface area contributed by atoms with Crippen LogP contribution in [0.15, 0.2) is 6.20 Å². The van der Waals surface area contributed by atoms with E-state index in [2.05, 4.69) is 20.2 Å². The lowest BCUT2D eigenvalue weighted by Gasteiger charge is -2.38. The Bertz CT molecular complexity index is 442. The van der Waals surface area contributed by atoms with Crippen molar-refractivity contribution in [1.29, 1.82) is 0 Å². The number of aliphatic carboxylic acids is 1. The van der Waals surface area contributed by atoms with Crippen LogP contribution in [0.3, 0.4) is 0 Å². The third-order valence-electron chi connectivity index (χ3n) is 3.12. The number of carbonyl (C=O) groups excluding carboxylic acids is 1. The summed E-state index contributed by atoms with van der Waals surface area (Å²) in [4.78, 5) is 22.9. The van der Waals surface area contributed by atoms with Crippen LogP contribution in [0.2, 0.25) is 0 Å². The predicted molar refractivity (Wildman–Crippen MR) is 67.6 cm³/mol. The normalized spacial score (nSPS) is 12.0. The van der Waals surface area contributed by atoms with Crippen molar-refractivity contribution in [3.63, 3.8) is 0 Å². The third-order valence-corrected chi connectivity index (χ3v) is 3.70. The summed E-state index contributed by atoms with van der Waals surface area (Å²) >= 11 is 1.04. The van der Waals surface area contributed by atoms with Crippen LogP contribution in [-0.2, 0) is 4.79 Å². The monoisotopic (exact) mass is 272 g/mol. The summed E-state index contributed by atoms with van der Waals surface area (Å²) in [5.41, 5.74) is -2.02. The molecule has 0 unspecified atom stereocenters. The minimum atomic E-state index is -1.10. The molecular formula is C10H16N4O3S. The van der Waals surface area contributed by atoms with Gasteiger partial charge in [0.05, 0.1) is 17.2 Å². The number of nitrogens with one attached hydrogen (secondary N) is 2. The minimum Gasteiger partial charge on any atom is -0.481 e. The Balaban J connectivity index is 2.71. The molecule has 2 amide bonds. The predicted octanol–water partition coefficient (Wildman–Crippen LogP) is 1.55. The fourth-order valence-electron chi connectivity index (χ4n) is 1.07. The van der Waals surface area contributed by atoms with Crippen LogP contribution in [-0.4, -0.2) is 32.2 Å². The zero-order valence-corrected chi connectivity index (χ0v) is 11.5. The summed E-state index contributed by atoms with van der Waals surface area (Å²) in [5, 5.41) is 18.4. The van der Waals surface area contributed by atoms with E-state index >= 15 is 0 Å². The maximum Gasteiger partial charge on any atom is 0.320 e. The minimum absolute atomic E-state index is 0.486. The Morgan fingerprint density at radius 1 is 1.33 bits per heavy atom. The van der Waals surface area contributed by atoms with Crippen molar-refractivity contribution in [1.82, 2.24) is 14.9 Å². The second-order valence-electron chi connectivity index (χ2n) is 4.92. The number of rotatable bonds is 4. The van der Waals surface area contributed by atoms with E-state index in [0.717, 1.165) is 11.5 Å². The highest BCUT2D eigenvalue weighted by molar-refractivity contribution is 7.10. The number of carboxylic acid groups (broad SMARTS) is 1. The van der Waals surface area contributed by atoms with Gasteiger partial charge in [-0.1, -0.05) is 4.49 Å². The van der Waals surface area contributed by atoms with Gasteiger partial charge in [0, 0.05) is 11.5 Å². The summed E-state index contributed by atoms with van der Waals surface area (Å²) in [6.45, 7) is 6.44. The number of carboxylic acids is 1. The second kappa shape index (κ2) is 4.89. The molecule has 8 heteroatoms. The lowest BCUT2D eigenvalue weighted by molar-refractivity contribution is -0.150. The number of aromatic nitrogens is 2. The molecule has 18 heavy (non-hydrogen) atoms. The Kier molecular flexibility index (Phi) is 3.90. The summed E-state index contributed by atoms with van der Waals surface area (Å²) in [6, 6.07) is -0.486. The van der Waals surface area contributed by atoms with E-state index in [1.807, 2.05) is 0 Å². The molecular weight excluding hydrogens is 256 g/mol. The number of urea groups is 1. The Morgan fingerprint density at radius 2 is 1.94 bits per heavy atom. The maximum atomic E-state index is 11.7. The molecule has 1 aromatic rings. The van der Waals surface area contributed by atoms with E-state index < -0.39 is 23.0 Å². The molecule has 7 nitrogen and oxygen atoms in total. The fourth-order valence-corrected chi connectivity index (χ4v) is 1.49. The van der Waals surface area contributed by atoms with E-state index in [1.54, 1.807) is 27.7 Å². The second-order valence-corrected chi connectivity index (χ2v) is 5.70. The van der Waals surface area contributed by atoms with Crippen LogP contribution < -0.4 is 10.6 Å². The number of hydrogen-bond acceptors (Lipinski definition) is 5. The summed E-state index contributed by atoms with van der Waals surface area (Å²) < 4.78 is 3.60. The number of hydrogen-bond donors (Lipinski definition) is 3. The lowest BCUT2D eigenvalue weighted by Crippen LogP contribution is -2.57. The zero-order valence-electron chi connectivity index (χ0n) is 10.6. The van der Waals surface area contributed by atoms with Gasteiger partial charge in [0.25, 0.3) is 0 Å². The fraction of sp³-hybridized carbons (Fsp3) is 0.600. The first-order chi connectivity index (χ1) is 8.17. The molecule has 1 aromatic heterocycles. The van der Waals surface area contributed by atoms with Gasteiger partial charge in [-0.2, -0.15) is 0 Å². The molecule has 0 saturated heterocycles. The maximum absolute atomic E-state index is 11.7. The number of nitrogens with zero attached hydrogens (tertiary/aromatic N) is 2. The van der Waals surface area contributed by atoms with Gasteiger partial charge in [0.2, 0.25) is 0 Å². The van der Waals surface area contributed by atoms with Gasteiger partial charge in [0.1, 0.15) is 5.00 Å². The van der Waals surface area contributed by atoms with Gasteiger partial charge in [0.15, 0.2) is 0 Å². The first-order valence-electron chi connectivity index (χ1n) is 5.27. The van der Waals surface area contributed by atoms with Crippen LogP contribution in [0.5, 0.6) is 0 Å². The van der Waals surface area contributed by atoms with Crippen LogP contribution in [0, 0.1) is 5.41 Å². The third kappa shape index (κ3) is 2.95. The number of carbonyl (C=O) groups is 2. The molecule has 0 aliphatic heterocycles. The first kappa shape index (κ1) is 14.4. The van der Waals surface area contributed by atoms with E-state index in [0.29, 0.717) is 5.00 Å². The molecule has 0 aromatic carbocycles. The average molecular weight is 272 g/mol. The Morgan fingerprint density at radius 3 is 2.39 bits per heavy atom. The van der Waals surface area contributed by atoms with Gasteiger partial charge < -0.3 is 10.4 Å². The highest BCUT2D eigenvalue weighted by atomic mass is 32.1. The Labute approximate surface area is 109 Å². The molecule has 0 fully saturated rings. The Hall–Kier alpha value is -1.70. The molecule has 0 atom stereocenters. The van der Waals surface area contributed by atoms with Crippen LogP contribution in [0.4, 0.5) is 9.80 Å². The van der Waals surface area contributed by atoms with Crippen molar-refractivity contribution in [3.05, 3.63) is 6.20 Å². The molecule has 1 rings (SSSR count). The van der Waals surface area contributed by atoms with Crippen molar-refractivity contribution in [2.45, 2.75) is 33.2 Å². The van der Waals surface area contributed by atoms with Crippen molar-refractivity contribution in [2.24, 2.45) is 5.41 Å². The first-order valence-corrected chi connectivity index (χ1v) is 6.04. The summed E-state index contributed by atoms with van der Waals surface area (Å²) in [7, 11) is 0. The smallest absolute Gasteiger partial charge is 0.320 e. The van der Waals surface area contributed by atoms with Gasteiger partial charge in [-0.3, -0.25) is 10.1 Å². The summed E-state index contributed by atoms with van der Waals surface area (Å²) in [6.07, 6.45) is 1.42. The van der Waals surface area contributed by atoms with Gasteiger partial charge in [-0.25, -0.2) is 4.79 Å². The molecule has 0 radical (unpaired) electrons. The highest BCUT2D eigenvalue weighted by Gasteiger charge is 2.44. The van der Waals surface area contributed by atoms with E-state index in [4.69, 9.17) is 5.11 Å². The molecule has 0 bridgehead atoms. The van der Waals surface area contributed by atoms with Gasteiger partial charge in [-0.15, -0.1) is 5.10 Å².